The Hall–Kier alpha value is -0.750. The second-order valence-electron chi connectivity index (χ2n) is 1.93. The molecule has 0 amide bonds. The predicted molar refractivity (Wildman–Crippen MR) is 55.0 cm³/mol. The molecule has 0 aliphatic carbocycles. The molecule has 1 aromatic rings. The Balaban J connectivity index is 2.64. The summed E-state index contributed by atoms with van der Waals surface area (Å²) in [6.45, 7) is 0. The predicted octanol–water partition coefficient (Wildman–Crippen LogP) is 1.16. The van der Waals surface area contributed by atoms with Crippen LogP contribution in [0.15, 0.2) is 17.0 Å². The summed E-state index contributed by atoms with van der Waals surface area (Å²) in [6, 6.07) is 0. The van der Waals surface area contributed by atoms with E-state index in [9.17, 15) is 0 Å². The van der Waals surface area contributed by atoms with Gasteiger partial charge in [-0.25, -0.2) is 9.97 Å². The van der Waals surface area contributed by atoms with Crippen LogP contribution in [-0.2, 0) is 0 Å². The number of rotatable bonds is 1. The van der Waals surface area contributed by atoms with Gasteiger partial charge in [-0.05, 0) is 28.1 Å². The van der Waals surface area contributed by atoms with Crippen LogP contribution in [-0.4, -0.2) is 22.1 Å². The minimum Gasteiger partial charge on any atom is -0.365 e. The van der Waals surface area contributed by atoms with Crippen LogP contribution in [0.5, 0.6) is 0 Å². The molecule has 1 rings (SSSR count). The minimum absolute atomic E-state index is 0.520. The SMILES string of the molecule is CNC(=S)Nc1cnc(Br)cn1. The zero-order valence-corrected chi connectivity index (χ0v) is 8.74. The molecule has 0 unspecified atom stereocenters. The third-order valence-corrected chi connectivity index (χ3v) is 1.80. The van der Waals surface area contributed by atoms with Crippen molar-refractivity contribution in [3.63, 3.8) is 0 Å². The second kappa shape index (κ2) is 4.32. The van der Waals surface area contributed by atoms with Gasteiger partial charge >= 0.3 is 0 Å². The number of anilines is 1. The zero-order valence-electron chi connectivity index (χ0n) is 6.34. The number of aromatic nitrogens is 2. The maximum absolute atomic E-state index is 4.87. The minimum atomic E-state index is 0.520. The Bertz CT molecular complexity index is 273. The van der Waals surface area contributed by atoms with E-state index in [2.05, 4.69) is 36.5 Å². The standard InChI is InChI=1S/C6H7BrN4S/c1-8-6(12)11-5-3-9-4(7)2-10-5/h2-3H,1H3,(H2,8,10,11,12). The third kappa shape index (κ3) is 2.71. The highest BCUT2D eigenvalue weighted by Crippen LogP contribution is 2.05. The van der Waals surface area contributed by atoms with Crippen molar-refractivity contribution in [3.05, 3.63) is 17.0 Å². The molecule has 0 aliphatic rings. The fraction of sp³-hybridized carbons (Fsp3) is 0.167. The number of hydrogen-bond acceptors (Lipinski definition) is 3. The quantitative estimate of drug-likeness (QED) is 0.729. The summed E-state index contributed by atoms with van der Waals surface area (Å²) in [5.74, 6) is 0.623. The highest BCUT2D eigenvalue weighted by atomic mass is 79.9. The van der Waals surface area contributed by atoms with E-state index in [-0.39, 0.29) is 0 Å². The summed E-state index contributed by atoms with van der Waals surface area (Å²) in [5.41, 5.74) is 0. The highest BCUT2D eigenvalue weighted by Gasteiger charge is 1.95. The molecule has 6 heteroatoms. The van der Waals surface area contributed by atoms with E-state index in [1.807, 2.05) is 0 Å². The average Bonchev–Trinajstić information content (AvgIpc) is 2.09. The summed E-state index contributed by atoms with van der Waals surface area (Å²) in [7, 11) is 1.74. The molecular weight excluding hydrogens is 240 g/mol. The molecule has 0 saturated carbocycles. The van der Waals surface area contributed by atoms with Gasteiger partial charge in [0.2, 0.25) is 0 Å². The van der Waals surface area contributed by atoms with Gasteiger partial charge in [0.25, 0.3) is 0 Å². The number of halogens is 1. The van der Waals surface area contributed by atoms with Crippen molar-refractivity contribution in [1.82, 2.24) is 15.3 Å². The number of nitrogens with one attached hydrogen (secondary N) is 2. The van der Waals surface area contributed by atoms with Crippen LogP contribution < -0.4 is 10.6 Å². The summed E-state index contributed by atoms with van der Waals surface area (Å²) < 4.78 is 0.698. The van der Waals surface area contributed by atoms with Gasteiger partial charge in [0.05, 0.1) is 12.4 Å². The summed E-state index contributed by atoms with van der Waals surface area (Å²) in [5, 5.41) is 6.13. The molecule has 0 saturated heterocycles. The Morgan fingerprint density at radius 1 is 1.50 bits per heavy atom. The van der Waals surface area contributed by atoms with Crippen molar-refractivity contribution in [2.45, 2.75) is 0 Å². The Kier molecular flexibility index (Phi) is 3.36. The van der Waals surface area contributed by atoms with Crippen molar-refractivity contribution in [3.8, 4) is 0 Å². The van der Waals surface area contributed by atoms with Crippen LogP contribution in [0.3, 0.4) is 0 Å². The fourth-order valence-electron chi connectivity index (χ4n) is 0.556. The van der Waals surface area contributed by atoms with Crippen molar-refractivity contribution in [2.24, 2.45) is 0 Å². The number of nitrogens with zero attached hydrogens (tertiary/aromatic N) is 2. The first-order chi connectivity index (χ1) is 5.72. The molecule has 0 bridgehead atoms. The molecule has 0 aromatic carbocycles. The van der Waals surface area contributed by atoms with Gasteiger partial charge in [0, 0.05) is 7.05 Å². The Morgan fingerprint density at radius 2 is 2.25 bits per heavy atom. The van der Waals surface area contributed by atoms with E-state index in [1.165, 1.54) is 0 Å². The van der Waals surface area contributed by atoms with Gasteiger partial charge in [-0.15, -0.1) is 0 Å². The fourth-order valence-corrected chi connectivity index (χ4v) is 0.865. The first kappa shape index (κ1) is 9.34. The van der Waals surface area contributed by atoms with Crippen LogP contribution in [0.1, 0.15) is 0 Å². The van der Waals surface area contributed by atoms with Crippen molar-refractivity contribution in [1.29, 1.82) is 0 Å². The van der Waals surface area contributed by atoms with Crippen LogP contribution in [0, 0.1) is 0 Å². The lowest BCUT2D eigenvalue weighted by Gasteiger charge is -2.04. The summed E-state index contributed by atoms with van der Waals surface area (Å²) in [6.07, 6.45) is 3.19. The van der Waals surface area contributed by atoms with Crippen molar-refractivity contribution >= 4 is 39.1 Å². The molecule has 0 radical (unpaired) electrons. The number of thiocarbonyl (C=S) groups is 1. The van der Waals surface area contributed by atoms with Gasteiger partial charge in [-0.1, -0.05) is 0 Å². The Morgan fingerprint density at radius 3 is 2.75 bits per heavy atom. The molecule has 12 heavy (non-hydrogen) atoms. The van der Waals surface area contributed by atoms with Gasteiger partial charge in [-0.3, -0.25) is 0 Å². The lowest BCUT2D eigenvalue weighted by Crippen LogP contribution is -2.24. The van der Waals surface area contributed by atoms with E-state index in [0.29, 0.717) is 15.5 Å². The zero-order chi connectivity index (χ0) is 8.97. The molecule has 0 atom stereocenters. The maximum atomic E-state index is 4.87. The Labute approximate surface area is 83.9 Å². The van der Waals surface area contributed by atoms with E-state index in [1.54, 1.807) is 19.4 Å². The molecule has 0 spiro atoms. The first-order valence-electron chi connectivity index (χ1n) is 3.18. The topological polar surface area (TPSA) is 49.8 Å². The molecule has 1 heterocycles. The molecule has 4 nitrogen and oxygen atoms in total. The monoisotopic (exact) mass is 246 g/mol. The van der Waals surface area contributed by atoms with Gasteiger partial charge in [0.1, 0.15) is 4.60 Å². The van der Waals surface area contributed by atoms with Gasteiger partial charge in [0.15, 0.2) is 10.9 Å². The van der Waals surface area contributed by atoms with E-state index in [0.717, 1.165) is 0 Å². The van der Waals surface area contributed by atoms with Crippen LogP contribution in [0.2, 0.25) is 0 Å². The lowest BCUT2D eigenvalue weighted by molar-refractivity contribution is 1.15. The molecule has 0 fully saturated rings. The molecular formula is C6H7BrN4S. The normalized spacial score (nSPS) is 9.17. The van der Waals surface area contributed by atoms with E-state index < -0.39 is 0 Å². The second-order valence-corrected chi connectivity index (χ2v) is 3.15. The van der Waals surface area contributed by atoms with Crippen molar-refractivity contribution in [2.75, 3.05) is 12.4 Å². The van der Waals surface area contributed by atoms with Crippen LogP contribution in [0.25, 0.3) is 0 Å². The van der Waals surface area contributed by atoms with Gasteiger partial charge < -0.3 is 10.6 Å². The summed E-state index contributed by atoms with van der Waals surface area (Å²) >= 11 is 8.05. The molecule has 0 aliphatic heterocycles. The molecule has 2 N–H and O–H groups in total. The van der Waals surface area contributed by atoms with E-state index in [4.69, 9.17) is 12.2 Å². The maximum Gasteiger partial charge on any atom is 0.171 e. The van der Waals surface area contributed by atoms with Gasteiger partial charge in [-0.2, -0.15) is 0 Å². The largest absolute Gasteiger partial charge is 0.365 e. The number of hydrogen-bond donors (Lipinski definition) is 2. The molecule has 64 valence electrons. The average molecular weight is 247 g/mol. The van der Waals surface area contributed by atoms with Crippen LogP contribution in [0.4, 0.5) is 5.82 Å². The van der Waals surface area contributed by atoms with Crippen LogP contribution >= 0.6 is 28.1 Å². The smallest absolute Gasteiger partial charge is 0.171 e. The summed E-state index contributed by atoms with van der Waals surface area (Å²) in [4.78, 5) is 7.99. The third-order valence-electron chi connectivity index (χ3n) is 1.09. The first-order valence-corrected chi connectivity index (χ1v) is 4.39. The van der Waals surface area contributed by atoms with Crippen molar-refractivity contribution < 1.29 is 0 Å². The lowest BCUT2D eigenvalue weighted by atomic mass is 10.6. The molecule has 1 aromatic heterocycles. The highest BCUT2D eigenvalue weighted by molar-refractivity contribution is 9.10. The van der Waals surface area contributed by atoms with E-state index >= 15 is 0 Å².